The lowest BCUT2D eigenvalue weighted by molar-refractivity contribution is 0.230. The van der Waals surface area contributed by atoms with Crippen LogP contribution in [0.4, 0.5) is 4.79 Å². The summed E-state index contributed by atoms with van der Waals surface area (Å²) in [6.07, 6.45) is 2.04. The maximum Gasteiger partial charge on any atom is 0.315 e. The van der Waals surface area contributed by atoms with Crippen molar-refractivity contribution in [3.63, 3.8) is 0 Å². The Morgan fingerprint density at radius 3 is 2.13 bits per heavy atom. The van der Waals surface area contributed by atoms with Crippen LogP contribution in [0.25, 0.3) is 0 Å². The highest BCUT2D eigenvalue weighted by molar-refractivity contribution is 5.74. The van der Waals surface area contributed by atoms with Crippen LogP contribution in [0, 0.1) is 5.92 Å². The van der Waals surface area contributed by atoms with Gasteiger partial charge in [0.2, 0.25) is 0 Å². The summed E-state index contributed by atoms with van der Waals surface area (Å²) in [7, 11) is 0. The number of nitrogens with one attached hydrogen (secondary N) is 2. The maximum absolute atomic E-state index is 11.9. The first-order valence-corrected chi connectivity index (χ1v) is 8.60. The Morgan fingerprint density at radius 1 is 1.00 bits per heavy atom. The predicted octanol–water partition coefficient (Wildman–Crippen LogP) is 4.14. The molecule has 1 aromatic rings. The van der Waals surface area contributed by atoms with Crippen LogP contribution < -0.4 is 15.4 Å². The first-order valence-electron chi connectivity index (χ1n) is 8.60. The molecule has 0 bridgehead atoms. The van der Waals surface area contributed by atoms with Crippen LogP contribution in [-0.4, -0.2) is 24.2 Å². The van der Waals surface area contributed by atoms with E-state index in [1.54, 1.807) is 0 Å². The van der Waals surface area contributed by atoms with Gasteiger partial charge in [0.25, 0.3) is 0 Å². The number of hydrogen-bond donors (Lipinski definition) is 2. The minimum absolute atomic E-state index is 0.0839. The van der Waals surface area contributed by atoms with Crippen LogP contribution in [0.1, 0.15) is 53.5 Å². The molecule has 0 saturated carbocycles. The minimum atomic E-state index is -0.0839. The lowest BCUT2D eigenvalue weighted by Gasteiger charge is -2.20. The molecule has 0 aliphatic carbocycles. The van der Waals surface area contributed by atoms with Gasteiger partial charge in [0.05, 0.1) is 6.10 Å². The van der Waals surface area contributed by atoms with Gasteiger partial charge in [-0.2, -0.15) is 0 Å². The summed E-state index contributed by atoms with van der Waals surface area (Å²) in [4.78, 5) is 11.9. The van der Waals surface area contributed by atoms with E-state index in [9.17, 15) is 4.79 Å². The van der Waals surface area contributed by atoms with Crippen molar-refractivity contribution in [1.29, 1.82) is 0 Å². The second-order valence-corrected chi connectivity index (χ2v) is 6.90. The molecule has 0 heterocycles. The molecule has 0 spiro atoms. The van der Waals surface area contributed by atoms with Gasteiger partial charge in [0.15, 0.2) is 0 Å². The zero-order valence-corrected chi connectivity index (χ0v) is 15.3. The Labute approximate surface area is 141 Å². The molecular weight excluding hydrogens is 288 g/mol. The monoisotopic (exact) mass is 320 g/mol. The molecule has 1 rings (SSSR count). The number of hydrogen-bond acceptors (Lipinski definition) is 2. The summed E-state index contributed by atoms with van der Waals surface area (Å²) in [6, 6.07) is 8.42. The maximum atomic E-state index is 11.9. The fraction of sp³-hybridized carbons (Fsp3) is 0.632. The van der Waals surface area contributed by atoms with Gasteiger partial charge >= 0.3 is 6.03 Å². The molecule has 4 nitrogen and oxygen atoms in total. The summed E-state index contributed by atoms with van der Waals surface area (Å²) >= 11 is 0. The smallest absolute Gasteiger partial charge is 0.315 e. The number of rotatable bonds is 8. The van der Waals surface area contributed by atoms with Crippen molar-refractivity contribution in [2.45, 2.75) is 72.6 Å². The normalized spacial score (nSPS) is 13.7. The first-order chi connectivity index (χ1) is 10.8. The second-order valence-electron chi connectivity index (χ2n) is 6.90. The average molecular weight is 320 g/mol. The van der Waals surface area contributed by atoms with E-state index >= 15 is 0 Å². The highest BCUT2D eigenvalue weighted by Crippen LogP contribution is 2.15. The third-order valence-electron chi connectivity index (χ3n) is 3.90. The Bertz CT molecular complexity index is 469. The van der Waals surface area contributed by atoms with Crippen molar-refractivity contribution in [3.8, 4) is 5.75 Å². The summed E-state index contributed by atoms with van der Waals surface area (Å²) < 4.78 is 5.64. The molecule has 0 aliphatic heterocycles. The number of urea groups is 1. The third-order valence-corrected chi connectivity index (χ3v) is 3.90. The average Bonchev–Trinajstić information content (AvgIpc) is 2.45. The van der Waals surface area contributed by atoms with Gasteiger partial charge in [0, 0.05) is 12.1 Å². The molecule has 4 heteroatoms. The summed E-state index contributed by atoms with van der Waals surface area (Å²) in [6.45, 7) is 12.3. The predicted molar refractivity (Wildman–Crippen MR) is 96.0 cm³/mol. The van der Waals surface area contributed by atoms with Crippen molar-refractivity contribution in [2.24, 2.45) is 5.92 Å². The number of amides is 2. The number of carbonyl (C=O) groups excluding carboxylic acids is 1. The van der Waals surface area contributed by atoms with Crippen LogP contribution >= 0.6 is 0 Å². The molecule has 130 valence electrons. The van der Waals surface area contributed by atoms with Gasteiger partial charge < -0.3 is 15.4 Å². The van der Waals surface area contributed by atoms with E-state index < -0.39 is 0 Å². The van der Waals surface area contributed by atoms with Gasteiger partial charge in [-0.15, -0.1) is 0 Å². The molecule has 1 aromatic carbocycles. The fourth-order valence-corrected chi connectivity index (χ4v) is 2.10. The molecular formula is C19H32N2O2. The van der Waals surface area contributed by atoms with E-state index in [0.29, 0.717) is 5.92 Å². The lowest BCUT2D eigenvalue weighted by atomic mass is 10.1. The Hall–Kier alpha value is -1.71. The van der Waals surface area contributed by atoms with E-state index in [4.69, 9.17) is 4.74 Å². The zero-order valence-electron chi connectivity index (χ0n) is 15.3. The SMILES string of the molecule is CC(CCc1ccc(OC(C)C)cc1)NC(=O)NC(C)C(C)C. The molecule has 2 atom stereocenters. The molecule has 2 amide bonds. The Morgan fingerprint density at radius 2 is 1.61 bits per heavy atom. The van der Waals surface area contributed by atoms with Crippen LogP contribution in [0.15, 0.2) is 24.3 Å². The molecule has 0 radical (unpaired) electrons. The first kappa shape index (κ1) is 19.3. The third kappa shape index (κ3) is 7.91. The van der Waals surface area contributed by atoms with Gasteiger partial charge in [-0.25, -0.2) is 4.79 Å². The number of carbonyl (C=O) groups is 1. The Kier molecular flexibility index (Phi) is 7.93. The molecule has 2 N–H and O–H groups in total. The number of benzene rings is 1. The molecule has 2 unspecified atom stereocenters. The highest BCUT2D eigenvalue weighted by atomic mass is 16.5. The lowest BCUT2D eigenvalue weighted by Crippen LogP contribution is -2.46. The van der Waals surface area contributed by atoms with Crippen LogP contribution in [-0.2, 0) is 6.42 Å². The van der Waals surface area contributed by atoms with E-state index in [2.05, 4.69) is 36.6 Å². The zero-order chi connectivity index (χ0) is 17.4. The van der Waals surface area contributed by atoms with Gasteiger partial charge in [0.1, 0.15) is 5.75 Å². The summed E-state index contributed by atoms with van der Waals surface area (Å²) in [5.74, 6) is 1.33. The van der Waals surface area contributed by atoms with Crippen molar-refractivity contribution < 1.29 is 9.53 Å². The van der Waals surface area contributed by atoms with Crippen LogP contribution in [0.2, 0.25) is 0 Å². The van der Waals surface area contributed by atoms with Crippen molar-refractivity contribution in [3.05, 3.63) is 29.8 Å². The van der Waals surface area contributed by atoms with Gasteiger partial charge in [-0.05, 0) is 64.2 Å². The molecule has 0 fully saturated rings. The van der Waals surface area contributed by atoms with E-state index in [1.165, 1.54) is 5.56 Å². The Balaban J connectivity index is 2.35. The quantitative estimate of drug-likeness (QED) is 0.756. The molecule has 23 heavy (non-hydrogen) atoms. The van der Waals surface area contributed by atoms with E-state index in [0.717, 1.165) is 18.6 Å². The highest BCUT2D eigenvalue weighted by Gasteiger charge is 2.12. The van der Waals surface area contributed by atoms with E-state index in [1.807, 2.05) is 39.8 Å². The van der Waals surface area contributed by atoms with Gasteiger partial charge in [-0.3, -0.25) is 0 Å². The van der Waals surface area contributed by atoms with Crippen molar-refractivity contribution >= 4 is 6.03 Å². The number of aryl methyl sites for hydroxylation is 1. The number of ether oxygens (including phenoxy) is 1. The van der Waals surface area contributed by atoms with Gasteiger partial charge in [-0.1, -0.05) is 26.0 Å². The standard InChI is InChI=1S/C19H32N2O2/c1-13(2)16(6)21-19(22)20-15(5)7-8-17-9-11-18(12-10-17)23-14(3)4/h9-16H,7-8H2,1-6H3,(H2,20,21,22). The van der Waals surface area contributed by atoms with Crippen molar-refractivity contribution in [1.82, 2.24) is 10.6 Å². The summed E-state index contributed by atoms with van der Waals surface area (Å²) in [5.41, 5.74) is 1.26. The molecule has 0 aliphatic rings. The van der Waals surface area contributed by atoms with Crippen LogP contribution in [0.3, 0.4) is 0 Å². The minimum Gasteiger partial charge on any atom is -0.491 e. The van der Waals surface area contributed by atoms with Crippen molar-refractivity contribution in [2.75, 3.05) is 0 Å². The summed E-state index contributed by atoms with van der Waals surface area (Å²) in [5, 5.41) is 5.97. The largest absolute Gasteiger partial charge is 0.491 e. The molecule has 0 saturated heterocycles. The van der Waals surface area contributed by atoms with Crippen LogP contribution in [0.5, 0.6) is 5.75 Å². The second kappa shape index (κ2) is 9.43. The molecule has 0 aromatic heterocycles. The topological polar surface area (TPSA) is 50.4 Å². The fourth-order valence-electron chi connectivity index (χ4n) is 2.10. The van der Waals surface area contributed by atoms with E-state index in [-0.39, 0.29) is 24.2 Å².